The molecule has 1 N–H and O–H groups in total. The van der Waals surface area contributed by atoms with Crippen molar-refractivity contribution >= 4 is 22.7 Å². The number of likely N-dealkylation sites (N-methyl/N-ethyl adjacent to an activating group) is 1. The van der Waals surface area contributed by atoms with Gasteiger partial charge >= 0.3 is 0 Å². The van der Waals surface area contributed by atoms with Gasteiger partial charge in [-0.15, -0.1) is 22.7 Å². The first-order chi connectivity index (χ1) is 7.79. The van der Waals surface area contributed by atoms with Crippen LogP contribution in [-0.4, -0.2) is 16.5 Å². The molecule has 1 atom stereocenters. The van der Waals surface area contributed by atoms with E-state index in [4.69, 9.17) is 0 Å². The fourth-order valence-electron chi connectivity index (χ4n) is 1.60. The number of hydrogen-bond donors (Lipinski definition) is 1. The van der Waals surface area contributed by atoms with Gasteiger partial charge in [0.2, 0.25) is 0 Å². The molecule has 0 aromatic carbocycles. The Labute approximate surface area is 104 Å². The van der Waals surface area contributed by atoms with Gasteiger partial charge in [0, 0.05) is 23.4 Å². The number of nitrogens with zero attached hydrogens (tertiary/aromatic N) is 2. The molecule has 0 aliphatic heterocycles. The minimum atomic E-state index is 0.293. The largest absolute Gasteiger partial charge is 0.309 e. The van der Waals surface area contributed by atoms with Crippen LogP contribution in [0.5, 0.6) is 0 Å². The van der Waals surface area contributed by atoms with E-state index < -0.39 is 0 Å². The highest BCUT2D eigenvalue weighted by molar-refractivity contribution is 7.09. The summed E-state index contributed by atoms with van der Waals surface area (Å²) in [5.41, 5.74) is 1.14. The summed E-state index contributed by atoms with van der Waals surface area (Å²) in [6.45, 7) is 5.11. The average molecular weight is 253 g/mol. The van der Waals surface area contributed by atoms with Crippen molar-refractivity contribution in [3.05, 3.63) is 32.7 Å². The molecule has 1 unspecified atom stereocenters. The molecule has 0 saturated heterocycles. The van der Waals surface area contributed by atoms with Gasteiger partial charge in [0.05, 0.1) is 21.8 Å². The maximum atomic E-state index is 4.54. The van der Waals surface area contributed by atoms with Crippen LogP contribution in [0.25, 0.3) is 0 Å². The molecule has 2 aromatic rings. The SMILES string of the molecule is CCNC(Cc1nccs1)c1csc(C)n1. The third-order valence-corrected chi connectivity index (χ3v) is 3.90. The van der Waals surface area contributed by atoms with Crippen LogP contribution in [0.2, 0.25) is 0 Å². The second kappa shape index (κ2) is 5.52. The van der Waals surface area contributed by atoms with E-state index >= 15 is 0 Å². The molecule has 16 heavy (non-hydrogen) atoms. The van der Waals surface area contributed by atoms with E-state index in [1.54, 1.807) is 22.7 Å². The molecule has 0 aliphatic rings. The van der Waals surface area contributed by atoms with Crippen molar-refractivity contribution in [1.29, 1.82) is 0 Å². The number of aryl methyl sites for hydroxylation is 1. The van der Waals surface area contributed by atoms with E-state index in [0.29, 0.717) is 6.04 Å². The zero-order valence-corrected chi connectivity index (χ0v) is 11.1. The van der Waals surface area contributed by atoms with E-state index in [1.807, 2.05) is 18.5 Å². The van der Waals surface area contributed by atoms with Gasteiger partial charge in [0.25, 0.3) is 0 Å². The van der Waals surface area contributed by atoms with Crippen LogP contribution in [0.1, 0.15) is 28.7 Å². The summed E-state index contributed by atoms with van der Waals surface area (Å²) in [7, 11) is 0. The van der Waals surface area contributed by atoms with E-state index in [-0.39, 0.29) is 0 Å². The van der Waals surface area contributed by atoms with Crippen molar-refractivity contribution in [3.8, 4) is 0 Å². The summed E-state index contributed by atoms with van der Waals surface area (Å²) < 4.78 is 0. The highest BCUT2D eigenvalue weighted by Crippen LogP contribution is 2.21. The van der Waals surface area contributed by atoms with Gasteiger partial charge in [0.1, 0.15) is 0 Å². The van der Waals surface area contributed by atoms with Crippen LogP contribution >= 0.6 is 22.7 Å². The Balaban J connectivity index is 2.11. The molecule has 2 heterocycles. The average Bonchev–Trinajstić information content (AvgIpc) is 2.88. The van der Waals surface area contributed by atoms with Crippen LogP contribution in [0, 0.1) is 6.92 Å². The summed E-state index contributed by atoms with van der Waals surface area (Å²) in [4.78, 5) is 8.87. The van der Waals surface area contributed by atoms with Crippen LogP contribution < -0.4 is 5.32 Å². The second-order valence-electron chi connectivity index (χ2n) is 3.53. The first-order valence-electron chi connectivity index (χ1n) is 5.33. The van der Waals surface area contributed by atoms with Gasteiger partial charge in [-0.05, 0) is 13.5 Å². The first-order valence-corrected chi connectivity index (χ1v) is 7.09. The summed E-state index contributed by atoms with van der Waals surface area (Å²) in [6.07, 6.45) is 2.78. The predicted octanol–water partition coefficient (Wildman–Crippen LogP) is 2.80. The number of nitrogens with one attached hydrogen (secondary N) is 1. The number of rotatable bonds is 5. The molecule has 0 aliphatic carbocycles. The van der Waals surface area contributed by atoms with Crippen molar-refractivity contribution < 1.29 is 0 Å². The third-order valence-electron chi connectivity index (χ3n) is 2.31. The lowest BCUT2D eigenvalue weighted by Gasteiger charge is -2.13. The molecule has 0 fully saturated rings. The highest BCUT2D eigenvalue weighted by atomic mass is 32.1. The zero-order valence-electron chi connectivity index (χ0n) is 9.43. The maximum absolute atomic E-state index is 4.54. The number of thiazole rings is 2. The smallest absolute Gasteiger partial charge is 0.0944 e. The quantitative estimate of drug-likeness (QED) is 0.890. The maximum Gasteiger partial charge on any atom is 0.0944 e. The van der Waals surface area contributed by atoms with Crippen molar-refractivity contribution in [3.63, 3.8) is 0 Å². The molecular weight excluding hydrogens is 238 g/mol. The first kappa shape index (κ1) is 11.7. The Morgan fingerprint density at radius 2 is 2.31 bits per heavy atom. The van der Waals surface area contributed by atoms with E-state index in [0.717, 1.165) is 28.7 Å². The Morgan fingerprint density at radius 1 is 1.44 bits per heavy atom. The monoisotopic (exact) mass is 253 g/mol. The van der Waals surface area contributed by atoms with Crippen molar-refractivity contribution in [2.24, 2.45) is 0 Å². The van der Waals surface area contributed by atoms with Gasteiger partial charge in [-0.3, -0.25) is 0 Å². The van der Waals surface area contributed by atoms with Gasteiger partial charge < -0.3 is 5.32 Å². The molecule has 0 saturated carbocycles. The molecule has 5 heteroatoms. The number of hydrogen-bond acceptors (Lipinski definition) is 5. The molecule has 0 amide bonds. The summed E-state index contributed by atoms with van der Waals surface area (Å²) in [5.74, 6) is 0. The van der Waals surface area contributed by atoms with Gasteiger partial charge in [0.15, 0.2) is 0 Å². The highest BCUT2D eigenvalue weighted by Gasteiger charge is 2.15. The molecule has 2 rings (SSSR count). The van der Waals surface area contributed by atoms with E-state index in [1.165, 1.54) is 0 Å². The second-order valence-corrected chi connectivity index (χ2v) is 5.57. The lowest BCUT2D eigenvalue weighted by Crippen LogP contribution is -2.23. The number of aromatic nitrogens is 2. The van der Waals surface area contributed by atoms with Gasteiger partial charge in [-0.25, -0.2) is 9.97 Å². The Kier molecular flexibility index (Phi) is 4.04. The molecule has 0 bridgehead atoms. The fraction of sp³-hybridized carbons (Fsp3) is 0.455. The van der Waals surface area contributed by atoms with Crippen LogP contribution in [-0.2, 0) is 6.42 Å². The van der Waals surface area contributed by atoms with Crippen molar-refractivity contribution in [1.82, 2.24) is 15.3 Å². The summed E-state index contributed by atoms with van der Waals surface area (Å²) in [5, 5.41) is 9.90. The molecule has 2 aromatic heterocycles. The van der Waals surface area contributed by atoms with Crippen LogP contribution in [0.3, 0.4) is 0 Å². The standard InChI is InChI=1S/C11H15N3S2/c1-3-12-9(6-11-13-4-5-15-11)10-7-16-8(2)14-10/h4-5,7,9,12H,3,6H2,1-2H3. The van der Waals surface area contributed by atoms with Gasteiger partial charge in [-0.1, -0.05) is 6.92 Å². The predicted molar refractivity (Wildman–Crippen MR) is 69.1 cm³/mol. The van der Waals surface area contributed by atoms with Crippen molar-refractivity contribution in [2.45, 2.75) is 26.3 Å². The molecular formula is C11H15N3S2. The minimum absolute atomic E-state index is 0.293. The third kappa shape index (κ3) is 2.87. The summed E-state index contributed by atoms with van der Waals surface area (Å²) in [6, 6.07) is 0.293. The topological polar surface area (TPSA) is 37.8 Å². The molecule has 0 radical (unpaired) electrons. The Bertz CT molecular complexity index is 422. The fourth-order valence-corrected chi connectivity index (χ4v) is 2.93. The molecule has 86 valence electrons. The van der Waals surface area contributed by atoms with E-state index in [9.17, 15) is 0 Å². The lowest BCUT2D eigenvalue weighted by atomic mass is 10.1. The molecule has 0 spiro atoms. The minimum Gasteiger partial charge on any atom is -0.309 e. The zero-order chi connectivity index (χ0) is 11.4. The molecule has 3 nitrogen and oxygen atoms in total. The summed E-state index contributed by atoms with van der Waals surface area (Å²) >= 11 is 3.41. The Morgan fingerprint density at radius 3 is 2.88 bits per heavy atom. The van der Waals surface area contributed by atoms with Crippen LogP contribution in [0.4, 0.5) is 0 Å². The van der Waals surface area contributed by atoms with Gasteiger partial charge in [-0.2, -0.15) is 0 Å². The van der Waals surface area contributed by atoms with Crippen molar-refractivity contribution in [2.75, 3.05) is 6.54 Å². The Hall–Kier alpha value is -0.780. The normalized spacial score (nSPS) is 12.9. The van der Waals surface area contributed by atoms with Crippen LogP contribution in [0.15, 0.2) is 17.0 Å². The van der Waals surface area contributed by atoms with E-state index in [2.05, 4.69) is 27.6 Å². The lowest BCUT2D eigenvalue weighted by molar-refractivity contribution is 0.537.